The summed E-state index contributed by atoms with van der Waals surface area (Å²) in [5, 5.41) is 105. The number of rotatable bonds is 34. The Balaban J connectivity index is 0.743. The third-order valence-corrected chi connectivity index (χ3v) is 18.6. The van der Waals surface area contributed by atoms with Crippen LogP contribution >= 0.6 is 23.5 Å². The van der Waals surface area contributed by atoms with Gasteiger partial charge in [-0.1, -0.05) is 109 Å². The molecule has 6 aromatic carbocycles. The first-order valence-corrected chi connectivity index (χ1v) is 34.2. The van der Waals surface area contributed by atoms with Gasteiger partial charge in [0.25, 0.3) is 35.2 Å². The van der Waals surface area contributed by atoms with Crippen molar-refractivity contribution in [2.45, 2.75) is 112 Å². The lowest BCUT2D eigenvalue weighted by molar-refractivity contribution is -0.310. The normalized spacial score (nSPS) is 21.9. The molecule has 14 N–H and O–H groups in total. The number of ether oxygens (including phenoxy) is 4. The third kappa shape index (κ3) is 19.9. The summed E-state index contributed by atoms with van der Waals surface area (Å²) in [6.45, 7) is 1.36. The number of carbonyl (C=O) groups is 8. The van der Waals surface area contributed by atoms with Crippen molar-refractivity contribution < 1.29 is 98.2 Å². The fourth-order valence-electron chi connectivity index (χ4n) is 11.4. The summed E-state index contributed by atoms with van der Waals surface area (Å²) in [7, 11) is 0. The third-order valence-electron chi connectivity index (χ3n) is 16.5. The Morgan fingerprint density at radius 3 is 1.16 bits per heavy atom. The van der Waals surface area contributed by atoms with E-state index in [1.165, 1.54) is 23.5 Å². The maximum absolute atomic E-state index is 13.5. The topological polar surface area (TPSA) is 408 Å². The molecule has 2 aliphatic rings. The van der Waals surface area contributed by atoms with Gasteiger partial charge in [0.05, 0.1) is 49.7 Å². The van der Waals surface area contributed by atoms with Gasteiger partial charge in [-0.15, -0.1) is 0 Å². The van der Waals surface area contributed by atoms with Gasteiger partial charge in [-0.2, -0.15) is 23.5 Å². The van der Waals surface area contributed by atoms with Crippen molar-refractivity contribution in [3.05, 3.63) is 168 Å². The van der Waals surface area contributed by atoms with Gasteiger partial charge in [-0.25, -0.2) is 9.59 Å². The van der Waals surface area contributed by atoms with Gasteiger partial charge in [0.2, 0.25) is 11.8 Å². The quantitative estimate of drug-likeness (QED) is 0.0258. The fourth-order valence-corrected chi connectivity index (χ4v) is 13.0. The largest absolute Gasteiger partial charge is 0.477 e. The number of carboxylic acids is 2. The van der Waals surface area contributed by atoms with Gasteiger partial charge in [-0.3, -0.25) is 28.8 Å². The Hall–Kier alpha value is -8.36. The van der Waals surface area contributed by atoms with E-state index >= 15 is 0 Å². The summed E-state index contributed by atoms with van der Waals surface area (Å²) in [6, 6.07) is 39.7. The smallest absolute Gasteiger partial charge is 0.364 e. The lowest BCUT2D eigenvalue weighted by atomic mass is 9.88. The molecule has 524 valence electrons. The lowest BCUT2D eigenvalue weighted by Gasteiger charge is -2.46. The number of benzene rings is 6. The van der Waals surface area contributed by atoms with E-state index in [4.69, 9.17) is 18.9 Å². The predicted octanol–water partition coefficient (Wildman–Crippen LogP) is 3.09. The number of aliphatic hydroxyl groups excluding tert-OH is 6. The predicted molar refractivity (Wildman–Crippen MR) is 364 cm³/mol. The average molecular weight is 1390 g/mol. The van der Waals surface area contributed by atoms with Gasteiger partial charge in [0, 0.05) is 86.6 Å². The molecule has 26 nitrogen and oxygen atoms in total. The molecule has 6 aromatic rings. The molecule has 98 heavy (non-hydrogen) atoms. The summed E-state index contributed by atoms with van der Waals surface area (Å²) in [4.78, 5) is 103. The van der Waals surface area contributed by atoms with Gasteiger partial charge < -0.3 is 91.7 Å². The second-order valence-corrected chi connectivity index (χ2v) is 26.0. The Morgan fingerprint density at radius 2 is 0.816 bits per heavy atom. The second kappa shape index (κ2) is 35.9. The molecule has 2 heterocycles. The van der Waals surface area contributed by atoms with Crippen LogP contribution in [0.3, 0.4) is 0 Å². The molecule has 0 spiro atoms. The highest BCUT2D eigenvalue weighted by atomic mass is 32.2. The Morgan fingerprint density at radius 1 is 0.469 bits per heavy atom. The van der Waals surface area contributed by atoms with Crippen LogP contribution in [0.25, 0.3) is 33.0 Å². The van der Waals surface area contributed by atoms with Crippen LogP contribution in [0, 0.1) is 0 Å². The number of carbonyl (C=O) groups excluding carboxylic acids is 6. The summed E-state index contributed by atoms with van der Waals surface area (Å²) in [5.41, 5.74) is 4.81. The van der Waals surface area contributed by atoms with Crippen molar-refractivity contribution in [1.29, 1.82) is 0 Å². The monoisotopic (exact) mass is 1390 g/mol. The number of hydrogen-bond donors (Lipinski definition) is 14. The van der Waals surface area contributed by atoms with Gasteiger partial charge in [-0.05, 0) is 93.8 Å². The maximum Gasteiger partial charge on any atom is 0.364 e. The van der Waals surface area contributed by atoms with Crippen LogP contribution in [0.15, 0.2) is 146 Å². The van der Waals surface area contributed by atoms with Crippen LogP contribution < -0.4 is 31.9 Å². The van der Waals surface area contributed by atoms with Gasteiger partial charge >= 0.3 is 11.9 Å². The maximum atomic E-state index is 13.5. The van der Waals surface area contributed by atoms with E-state index in [0.717, 1.165) is 36.1 Å². The van der Waals surface area contributed by atoms with Crippen LogP contribution in [-0.4, -0.2) is 223 Å². The molecule has 2 fully saturated rings. The van der Waals surface area contributed by atoms with E-state index in [0.29, 0.717) is 44.9 Å². The zero-order valence-electron chi connectivity index (χ0n) is 53.8. The van der Waals surface area contributed by atoms with E-state index in [9.17, 15) is 79.2 Å². The van der Waals surface area contributed by atoms with Crippen LogP contribution in [0.5, 0.6) is 0 Å². The first-order chi connectivity index (χ1) is 47.0. The van der Waals surface area contributed by atoms with Crippen molar-refractivity contribution in [2.24, 2.45) is 0 Å². The van der Waals surface area contributed by atoms with Crippen molar-refractivity contribution in [2.75, 3.05) is 62.4 Å². The molecule has 8 rings (SSSR count). The Kier molecular flexibility index (Phi) is 27.7. The highest BCUT2D eigenvalue weighted by Gasteiger charge is 2.57. The minimum atomic E-state index is -2.50. The number of aliphatic hydroxyl groups is 6. The van der Waals surface area contributed by atoms with E-state index < -0.39 is 146 Å². The molecule has 0 bridgehead atoms. The molecular weight excluding hydrogens is 1310 g/mol. The number of nitrogens with one attached hydrogen (secondary N) is 6. The number of aliphatic carboxylic acids is 2. The van der Waals surface area contributed by atoms with Crippen LogP contribution in [0.4, 0.5) is 0 Å². The Bertz CT molecular complexity index is 3460. The highest BCUT2D eigenvalue weighted by Crippen LogP contribution is 2.36. The number of thioether (sulfide) groups is 2. The van der Waals surface area contributed by atoms with Crippen molar-refractivity contribution >= 4 is 81.7 Å². The summed E-state index contributed by atoms with van der Waals surface area (Å²) in [5.74, 6) is -9.73. The fraction of sp³-hybridized carbons (Fsp3) is 0.400. The molecule has 6 amide bonds. The number of carboxylic acid groups (broad SMARTS) is 2. The molecule has 2 saturated heterocycles. The zero-order valence-corrected chi connectivity index (χ0v) is 55.5. The Labute approximate surface area is 573 Å². The second-order valence-electron chi connectivity index (χ2n) is 23.5. The highest BCUT2D eigenvalue weighted by molar-refractivity contribution is 7.99. The molecule has 0 aliphatic carbocycles. The first kappa shape index (κ1) is 75.4. The molecule has 0 radical (unpaired) electrons. The zero-order chi connectivity index (χ0) is 70.5. The SMILES string of the molecule is CC(=O)N[C@@H]1[C@@H](O)C[C@](OCCCSCCNC(=O)c2ccc(C(=O)NCCSCCCO[C@]3(C(=O)O)C[C@H](O)[C@@H](NC(C)=O)[C@H](C(O)[C@H](O)CNC(=O)c4ccc(-c5ccccc5)cc4)O3)c3ccccc23)(C(=O)O)O[C@H]1C(O)[C@H](O)CNC(=O)c1ccc(-c2ccccc2)cc1. The molecule has 2 aliphatic heterocycles. The summed E-state index contributed by atoms with van der Waals surface area (Å²) in [6.07, 6.45) is -14.8. The lowest BCUT2D eigenvalue weighted by Crippen LogP contribution is -2.68. The molecule has 28 heteroatoms. The summed E-state index contributed by atoms with van der Waals surface area (Å²) >= 11 is 2.85. The molecule has 0 saturated carbocycles. The average Bonchev–Trinajstić information content (AvgIpc) is 0.767. The van der Waals surface area contributed by atoms with Crippen LogP contribution in [0.1, 0.15) is 81.0 Å². The van der Waals surface area contributed by atoms with Gasteiger partial charge in [0.15, 0.2) is 0 Å². The van der Waals surface area contributed by atoms with E-state index in [1.807, 2.05) is 60.7 Å². The number of fused-ring (bicyclic) bond motifs is 1. The standard InChI is InChI=1S/C70H82N6O20S2/c1-41(77)75-57-53(79)37-69(67(89)90,95-61(57)59(83)55(81)39-73-63(85)47-23-19-45(20-24-47)43-13-5-3-6-14-43)93-31-11-33-97-35-29-71-65(87)51-27-28-52(50-18-10-9-17-49(50)51)66(88)72-30-36-98-34-12-32-94-70(68(91)92)38-54(80)58(76-42(2)78)62(96-70)60(84)56(82)40-74-64(86)48-25-21-46(22-26-48)44-15-7-4-8-16-44/h3-10,13-28,53-62,79-84H,11-12,29-40H2,1-2H3,(H,71,87)(H,72,88)(H,73,85)(H,74,86)(H,75,77)(H,76,78)(H,89,90)(H,91,92)/t53-,54-,55+,56+,57+,58+,59?,60?,61+,62+,69+,70+/m0/s1. The molecule has 0 aromatic heterocycles. The van der Waals surface area contributed by atoms with E-state index in [2.05, 4.69) is 31.9 Å². The number of amides is 6. The first-order valence-electron chi connectivity index (χ1n) is 31.8. The van der Waals surface area contributed by atoms with Gasteiger partial charge in [0.1, 0.15) is 24.4 Å². The minimum Gasteiger partial charge on any atom is -0.477 e. The minimum absolute atomic E-state index is 0.192. The molecular formula is C70H82N6O20S2. The van der Waals surface area contributed by atoms with Crippen LogP contribution in [-0.2, 0) is 38.1 Å². The van der Waals surface area contributed by atoms with Crippen molar-refractivity contribution in [3.63, 3.8) is 0 Å². The molecule has 12 atom stereocenters. The van der Waals surface area contributed by atoms with Crippen LogP contribution in [0.2, 0.25) is 0 Å². The number of hydrogen-bond acceptors (Lipinski definition) is 20. The molecule has 2 unspecified atom stereocenters. The van der Waals surface area contributed by atoms with Crippen molar-refractivity contribution in [3.8, 4) is 22.3 Å². The van der Waals surface area contributed by atoms with Crippen molar-refractivity contribution in [1.82, 2.24) is 31.9 Å². The summed E-state index contributed by atoms with van der Waals surface area (Å²) < 4.78 is 23.3. The van der Waals surface area contributed by atoms with E-state index in [-0.39, 0.29) is 50.3 Å². The van der Waals surface area contributed by atoms with E-state index in [1.54, 1.807) is 84.9 Å².